The highest BCUT2D eigenvalue weighted by molar-refractivity contribution is 5.91. The summed E-state index contributed by atoms with van der Waals surface area (Å²) in [5, 5.41) is 12.1. The number of nitrogens with one attached hydrogen (secondary N) is 2. The van der Waals surface area contributed by atoms with Gasteiger partial charge in [-0.25, -0.2) is 4.98 Å². The van der Waals surface area contributed by atoms with Gasteiger partial charge in [0, 0.05) is 6.54 Å². The van der Waals surface area contributed by atoms with Crippen molar-refractivity contribution in [3.8, 4) is 0 Å². The Bertz CT molecular complexity index is 306. The van der Waals surface area contributed by atoms with Crippen molar-refractivity contribution in [1.29, 1.82) is 0 Å². The highest BCUT2D eigenvalue weighted by Crippen LogP contribution is 2.32. The predicted molar refractivity (Wildman–Crippen MR) is 49.7 cm³/mol. The molecule has 1 amide bonds. The number of carbonyl (C=O) groups excluding carboxylic acids is 1. The van der Waals surface area contributed by atoms with Gasteiger partial charge >= 0.3 is 0 Å². The molecule has 0 radical (unpaired) electrons. The fraction of sp³-hybridized carbons (Fsp3) is 0.556. The van der Waals surface area contributed by atoms with Crippen molar-refractivity contribution >= 4 is 5.91 Å². The summed E-state index contributed by atoms with van der Waals surface area (Å²) in [6, 6.07) is 0. The van der Waals surface area contributed by atoms with E-state index in [0.717, 1.165) is 12.8 Å². The SMILES string of the molecule is O=C(NCC(O)C1CC1)c1cnc[nH]1. The molecule has 1 aromatic heterocycles. The Hall–Kier alpha value is -1.36. The molecule has 0 saturated heterocycles. The summed E-state index contributed by atoms with van der Waals surface area (Å²) in [6.07, 6.45) is 4.65. The molecule has 1 saturated carbocycles. The normalized spacial score (nSPS) is 17.8. The lowest BCUT2D eigenvalue weighted by Crippen LogP contribution is -2.33. The molecule has 14 heavy (non-hydrogen) atoms. The second kappa shape index (κ2) is 3.79. The lowest BCUT2D eigenvalue weighted by atomic mass is 10.2. The van der Waals surface area contributed by atoms with Crippen LogP contribution in [0, 0.1) is 5.92 Å². The number of amides is 1. The van der Waals surface area contributed by atoms with Crippen LogP contribution in [0.2, 0.25) is 0 Å². The van der Waals surface area contributed by atoms with Crippen molar-refractivity contribution in [2.24, 2.45) is 5.92 Å². The monoisotopic (exact) mass is 195 g/mol. The Morgan fingerprint density at radius 2 is 2.57 bits per heavy atom. The van der Waals surface area contributed by atoms with Gasteiger partial charge in [-0.05, 0) is 18.8 Å². The van der Waals surface area contributed by atoms with Gasteiger partial charge in [0.15, 0.2) is 0 Å². The third-order valence-electron chi connectivity index (χ3n) is 2.38. The number of hydrogen-bond donors (Lipinski definition) is 3. The molecule has 1 aromatic rings. The van der Waals surface area contributed by atoms with Crippen LogP contribution in [0.4, 0.5) is 0 Å². The van der Waals surface area contributed by atoms with Crippen LogP contribution in [0.3, 0.4) is 0 Å². The fourth-order valence-electron chi connectivity index (χ4n) is 1.32. The number of imidazole rings is 1. The number of carbonyl (C=O) groups is 1. The summed E-state index contributed by atoms with van der Waals surface area (Å²) in [5.74, 6) is 0.166. The van der Waals surface area contributed by atoms with Crippen molar-refractivity contribution in [2.45, 2.75) is 18.9 Å². The number of aromatic nitrogens is 2. The minimum Gasteiger partial charge on any atom is -0.391 e. The van der Waals surface area contributed by atoms with Gasteiger partial charge in [-0.3, -0.25) is 4.79 Å². The number of aliphatic hydroxyl groups is 1. The van der Waals surface area contributed by atoms with Gasteiger partial charge in [-0.2, -0.15) is 0 Å². The number of aromatic amines is 1. The summed E-state index contributed by atoms with van der Waals surface area (Å²) < 4.78 is 0. The molecule has 5 nitrogen and oxygen atoms in total. The first-order valence-electron chi connectivity index (χ1n) is 4.72. The minimum atomic E-state index is -0.401. The molecule has 1 aliphatic carbocycles. The molecule has 0 spiro atoms. The van der Waals surface area contributed by atoms with E-state index in [-0.39, 0.29) is 5.91 Å². The highest BCUT2D eigenvalue weighted by atomic mass is 16.3. The van der Waals surface area contributed by atoms with E-state index in [1.807, 2.05) is 0 Å². The Morgan fingerprint density at radius 3 is 3.14 bits per heavy atom. The van der Waals surface area contributed by atoms with Gasteiger partial charge in [0.2, 0.25) is 0 Å². The number of H-pyrrole nitrogens is 1. The van der Waals surface area contributed by atoms with E-state index in [1.165, 1.54) is 12.5 Å². The van der Waals surface area contributed by atoms with Crippen LogP contribution < -0.4 is 5.32 Å². The number of rotatable bonds is 4. The largest absolute Gasteiger partial charge is 0.391 e. The molecule has 1 fully saturated rings. The molecule has 1 heterocycles. The first-order valence-corrected chi connectivity index (χ1v) is 4.72. The Balaban J connectivity index is 1.77. The predicted octanol–water partition coefficient (Wildman–Crippen LogP) is -0.0896. The summed E-state index contributed by atoms with van der Waals surface area (Å²) >= 11 is 0. The van der Waals surface area contributed by atoms with Crippen molar-refractivity contribution in [3.05, 3.63) is 18.2 Å². The topological polar surface area (TPSA) is 78.0 Å². The minimum absolute atomic E-state index is 0.220. The van der Waals surface area contributed by atoms with Gasteiger partial charge in [-0.1, -0.05) is 0 Å². The molecular formula is C9H13N3O2. The first-order chi connectivity index (χ1) is 6.77. The van der Waals surface area contributed by atoms with Crippen LogP contribution in [0.5, 0.6) is 0 Å². The van der Waals surface area contributed by atoms with E-state index in [0.29, 0.717) is 18.2 Å². The number of hydrogen-bond acceptors (Lipinski definition) is 3. The third kappa shape index (κ3) is 2.11. The average molecular weight is 195 g/mol. The maximum Gasteiger partial charge on any atom is 0.269 e. The lowest BCUT2D eigenvalue weighted by Gasteiger charge is -2.09. The molecule has 1 aliphatic rings. The number of aliphatic hydroxyl groups excluding tert-OH is 1. The second-order valence-corrected chi connectivity index (χ2v) is 3.58. The van der Waals surface area contributed by atoms with Gasteiger partial charge in [-0.15, -0.1) is 0 Å². The van der Waals surface area contributed by atoms with Crippen molar-refractivity contribution in [3.63, 3.8) is 0 Å². The molecule has 2 rings (SSSR count). The zero-order valence-corrected chi connectivity index (χ0v) is 7.73. The third-order valence-corrected chi connectivity index (χ3v) is 2.38. The summed E-state index contributed by atoms with van der Waals surface area (Å²) in [7, 11) is 0. The van der Waals surface area contributed by atoms with E-state index in [9.17, 15) is 9.90 Å². The molecule has 0 aromatic carbocycles. The lowest BCUT2D eigenvalue weighted by molar-refractivity contribution is 0.0897. The zero-order chi connectivity index (χ0) is 9.97. The van der Waals surface area contributed by atoms with E-state index < -0.39 is 6.10 Å². The van der Waals surface area contributed by atoms with Gasteiger partial charge in [0.05, 0.1) is 18.6 Å². The van der Waals surface area contributed by atoms with Gasteiger partial charge in [0.1, 0.15) is 5.69 Å². The number of nitrogens with zero attached hydrogens (tertiary/aromatic N) is 1. The smallest absolute Gasteiger partial charge is 0.269 e. The summed E-state index contributed by atoms with van der Waals surface area (Å²) in [6.45, 7) is 0.322. The molecule has 0 aliphatic heterocycles. The maximum atomic E-state index is 11.4. The summed E-state index contributed by atoms with van der Waals surface area (Å²) in [5.41, 5.74) is 0.424. The van der Waals surface area contributed by atoms with E-state index in [2.05, 4.69) is 15.3 Å². The molecule has 5 heteroatoms. The Kier molecular flexibility index (Phi) is 2.49. The standard InChI is InChI=1S/C9H13N3O2/c13-8(6-1-2-6)4-11-9(14)7-3-10-5-12-7/h3,5-6,8,13H,1-2,4H2,(H,10,12)(H,11,14). The van der Waals surface area contributed by atoms with E-state index >= 15 is 0 Å². The van der Waals surface area contributed by atoms with Crippen LogP contribution in [0.25, 0.3) is 0 Å². The van der Waals surface area contributed by atoms with E-state index in [1.54, 1.807) is 0 Å². The molecule has 1 atom stereocenters. The van der Waals surface area contributed by atoms with Gasteiger partial charge < -0.3 is 15.4 Å². The van der Waals surface area contributed by atoms with Crippen molar-refractivity contribution in [2.75, 3.05) is 6.54 Å². The van der Waals surface area contributed by atoms with Crippen LogP contribution in [-0.4, -0.2) is 33.6 Å². The van der Waals surface area contributed by atoms with Crippen LogP contribution in [0.1, 0.15) is 23.3 Å². The quantitative estimate of drug-likeness (QED) is 0.628. The van der Waals surface area contributed by atoms with E-state index in [4.69, 9.17) is 0 Å². The van der Waals surface area contributed by atoms with Crippen LogP contribution in [-0.2, 0) is 0 Å². The Labute approximate surface area is 81.5 Å². The Morgan fingerprint density at radius 1 is 1.79 bits per heavy atom. The average Bonchev–Trinajstić information content (AvgIpc) is 2.90. The molecule has 76 valence electrons. The molecular weight excluding hydrogens is 182 g/mol. The molecule has 1 unspecified atom stereocenters. The highest BCUT2D eigenvalue weighted by Gasteiger charge is 2.29. The van der Waals surface area contributed by atoms with Crippen molar-refractivity contribution in [1.82, 2.24) is 15.3 Å². The zero-order valence-electron chi connectivity index (χ0n) is 7.73. The van der Waals surface area contributed by atoms with Gasteiger partial charge in [0.25, 0.3) is 5.91 Å². The first kappa shape index (κ1) is 9.21. The summed E-state index contributed by atoms with van der Waals surface area (Å²) in [4.78, 5) is 17.8. The van der Waals surface area contributed by atoms with Crippen LogP contribution >= 0.6 is 0 Å². The molecule has 0 bridgehead atoms. The van der Waals surface area contributed by atoms with Crippen molar-refractivity contribution < 1.29 is 9.90 Å². The fourth-order valence-corrected chi connectivity index (χ4v) is 1.32. The van der Waals surface area contributed by atoms with Crippen LogP contribution in [0.15, 0.2) is 12.5 Å². The molecule has 3 N–H and O–H groups in total. The maximum absolute atomic E-state index is 11.4. The second-order valence-electron chi connectivity index (χ2n) is 3.58.